The lowest BCUT2D eigenvalue weighted by molar-refractivity contribution is 0.0424. The molecule has 0 saturated heterocycles. The molecule has 17 heavy (non-hydrogen) atoms. The molecule has 0 aliphatic heterocycles. The van der Waals surface area contributed by atoms with Crippen LogP contribution in [0.15, 0.2) is 66.3 Å². The number of hydrogen-bond donors (Lipinski definition) is 0. The SMILES string of the molecule is C=C(C)/C(C)=C\C(=C)C(F)(F)c1ccccc1. The summed E-state index contributed by atoms with van der Waals surface area (Å²) in [5, 5.41) is 0. The monoisotopic (exact) mass is 234 g/mol. The van der Waals surface area contributed by atoms with Crippen LogP contribution in [0.4, 0.5) is 8.78 Å². The molecule has 0 atom stereocenters. The third kappa shape index (κ3) is 3.13. The number of halogens is 2. The lowest BCUT2D eigenvalue weighted by Gasteiger charge is -2.17. The predicted octanol–water partition coefficient (Wildman–Crippen LogP) is 4.86. The molecule has 0 aromatic heterocycles. The molecule has 1 aromatic rings. The highest BCUT2D eigenvalue weighted by Crippen LogP contribution is 2.36. The highest BCUT2D eigenvalue weighted by molar-refractivity contribution is 5.39. The maximum atomic E-state index is 14.0. The van der Waals surface area contributed by atoms with E-state index in [1.165, 1.54) is 18.2 Å². The molecule has 0 heterocycles. The summed E-state index contributed by atoms with van der Waals surface area (Å²) in [5.74, 6) is -3.04. The maximum absolute atomic E-state index is 14.0. The fourth-order valence-electron chi connectivity index (χ4n) is 1.31. The van der Waals surface area contributed by atoms with E-state index in [2.05, 4.69) is 13.2 Å². The highest BCUT2D eigenvalue weighted by Gasteiger charge is 2.33. The van der Waals surface area contributed by atoms with Gasteiger partial charge in [0.2, 0.25) is 0 Å². The van der Waals surface area contributed by atoms with Crippen molar-refractivity contribution in [3.05, 3.63) is 71.8 Å². The number of rotatable bonds is 4. The fraction of sp³-hybridized carbons (Fsp3) is 0.200. The van der Waals surface area contributed by atoms with Crippen molar-refractivity contribution in [2.45, 2.75) is 19.8 Å². The van der Waals surface area contributed by atoms with E-state index >= 15 is 0 Å². The van der Waals surface area contributed by atoms with Crippen LogP contribution in [0.2, 0.25) is 0 Å². The summed E-state index contributed by atoms with van der Waals surface area (Å²) in [6, 6.07) is 7.68. The third-order valence-corrected chi connectivity index (χ3v) is 2.60. The van der Waals surface area contributed by atoms with Crippen molar-refractivity contribution in [3.8, 4) is 0 Å². The lowest BCUT2D eigenvalue weighted by Crippen LogP contribution is -2.15. The Hall–Kier alpha value is -1.70. The van der Waals surface area contributed by atoms with Crippen molar-refractivity contribution < 1.29 is 8.78 Å². The largest absolute Gasteiger partial charge is 0.297 e. The van der Waals surface area contributed by atoms with Crippen molar-refractivity contribution in [3.63, 3.8) is 0 Å². The van der Waals surface area contributed by atoms with Gasteiger partial charge in [-0.1, -0.05) is 55.1 Å². The summed E-state index contributed by atoms with van der Waals surface area (Å²) in [4.78, 5) is 0. The summed E-state index contributed by atoms with van der Waals surface area (Å²) in [7, 11) is 0. The van der Waals surface area contributed by atoms with Gasteiger partial charge in [-0.05, 0) is 19.4 Å². The van der Waals surface area contributed by atoms with Crippen LogP contribution in [0.25, 0.3) is 0 Å². The Morgan fingerprint density at radius 1 is 1.12 bits per heavy atom. The van der Waals surface area contributed by atoms with Gasteiger partial charge >= 0.3 is 0 Å². The molecule has 0 N–H and O–H groups in total. The van der Waals surface area contributed by atoms with Gasteiger partial charge < -0.3 is 0 Å². The second kappa shape index (κ2) is 5.09. The minimum atomic E-state index is -3.04. The molecule has 90 valence electrons. The van der Waals surface area contributed by atoms with E-state index in [1.54, 1.807) is 32.0 Å². The van der Waals surface area contributed by atoms with Gasteiger partial charge in [0.05, 0.1) is 0 Å². The highest BCUT2D eigenvalue weighted by atomic mass is 19.3. The van der Waals surface area contributed by atoms with Crippen LogP contribution in [0, 0.1) is 0 Å². The molecule has 0 radical (unpaired) electrons. The van der Waals surface area contributed by atoms with Crippen LogP contribution < -0.4 is 0 Å². The van der Waals surface area contributed by atoms with Crippen molar-refractivity contribution >= 4 is 0 Å². The van der Waals surface area contributed by atoms with Crippen LogP contribution in [-0.2, 0) is 5.92 Å². The van der Waals surface area contributed by atoms with Crippen molar-refractivity contribution in [1.29, 1.82) is 0 Å². The predicted molar refractivity (Wildman–Crippen MR) is 68.0 cm³/mol. The first-order chi connectivity index (χ1) is 7.85. The molecule has 0 saturated carbocycles. The number of allylic oxidation sites excluding steroid dienone is 4. The maximum Gasteiger partial charge on any atom is 0.297 e. The summed E-state index contributed by atoms with van der Waals surface area (Å²) in [6.45, 7) is 10.7. The van der Waals surface area contributed by atoms with Crippen molar-refractivity contribution in [1.82, 2.24) is 0 Å². The first-order valence-electron chi connectivity index (χ1n) is 5.32. The van der Waals surface area contributed by atoms with Crippen molar-refractivity contribution in [2.75, 3.05) is 0 Å². The van der Waals surface area contributed by atoms with Crippen LogP contribution in [0.1, 0.15) is 19.4 Å². The van der Waals surface area contributed by atoms with Crippen LogP contribution in [-0.4, -0.2) is 0 Å². The van der Waals surface area contributed by atoms with Crippen molar-refractivity contribution in [2.24, 2.45) is 0 Å². The molecule has 0 nitrogen and oxygen atoms in total. The van der Waals surface area contributed by atoms with Gasteiger partial charge in [0.15, 0.2) is 0 Å². The molecule has 0 aliphatic rings. The molecule has 0 unspecified atom stereocenters. The molecule has 0 aliphatic carbocycles. The van der Waals surface area contributed by atoms with Gasteiger partial charge in [0.1, 0.15) is 0 Å². The van der Waals surface area contributed by atoms with Crippen LogP contribution in [0.3, 0.4) is 0 Å². The number of benzene rings is 1. The normalized spacial score (nSPS) is 12.4. The average Bonchev–Trinajstić information content (AvgIpc) is 2.29. The Morgan fingerprint density at radius 2 is 1.65 bits per heavy atom. The van der Waals surface area contributed by atoms with Crippen LogP contribution in [0.5, 0.6) is 0 Å². The Kier molecular flexibility index (Phi) is 4.00. The average molecular weight is 234 g/mol. The van der Waals surface area contributed by atoms with E-state index in [4.69, 9.17) is 0 Å². The van der Waals surface area contributed by atoms with Gasteiger partial charge in [-0.25, -0.2) is 0 Å². The first kappa shape index (κ1) is 13.4. The van der Waals surface area contributed by atoms with E-state index in [1.807, 2.05) is 0 Å². The van der Waals surface area contributed by atoms with Gasteiger partial charge in [0, 0.05) is 11.1 Å². The Balaban J connectivity index is 3.04. The van der Waals surface area contributed by atoms with E-state index in [-0.39, 0.29) is 11.1 Å². The Labute approximate surface area is 101 Å². The molecule has 0 amide bonds. The zero-order chi connectivity index (χ0) is 13.1. The molecular weight excluding hydrogens is 218 g/mol. The van der Waals surface area contributed by atoms with E-state index in [0.717, 1.165) is 5.57 Å². The van der Waals surface area contributed by atoms with E-state index < -0.39 is 5.92 Å². The Morgan fingerprint density at radius 3 is 2.12 bits per heavy atom. The molecule has 0 fully saturated rings. The van der Waals surface area contributed by atoms with E-state index in [9.17, 15) is 8.78 Å². The van der Waals surface area contributed by atoms with Gasteiger partial charge in [-0.15, -0.1) is 0 Å². The number of hydrogen-bond acceptors (Lipinski definition) is 0. The molecule has 1 rings (SSSR count). The second-order valence-electron chi connectivity index (χ2n) is 4.07. The lowest BCUT2D eigenvalue weighted by atomic mass is 9.98. The molecule has 0 spiro atoms. The Bertz CT molecular complexity index is 453. The number of alkyl halides is 2. The molecule has 1 aromatic carbocycles. The summed E-state index contributed by atoms with van der Waals surface area (Å²) in [6.07, 6.45) is 1.38. The summed E-state index contributed by atoms with van der Waals surface area (Å²) in [5.41, 5.74) is 1.21. The smallest absolute Gasteiger partial charge is 0.196 e. The van der Waals surface area contributed by atoms with Gasteiger partial charge in [-0.3, -0.25) is 0 Å². The topological polar surface area (TPSA) is 0 Å². The quantitative estimate of drug-likeness (QED) is 0.653. The molecule has 0 bridgehead atoms. The van der Waals surface area contributed by atoms with E-state index in [0.29, 0.717) is 5.57 Å². The third-order valence-electron chi connectivity index (χ3n) is 2.60. The first-order valence-corrected chi connectivity index (χ1v) is 5.32. The van der Waals surface area contributed by atoms with Gasteiger partial charge in [-0.2, -0.15) is 8.78 Å². The molecule has 2 heteroatoms. The summed E-state index contributed by atoms with van der Waals surface area (Å²) >= 11 is 0. The second-order valence-corrected chi connectivity index (χ2v) is 4.07. The zero-order valence-corrected chi connectivity index (χ0v) is 10.1. The van der Waals surface area contributed by atoms with Gasteiger partial charge in [0.25, 0.3) is 5.92 Å². The minimum Gasteiger partial charge on any atom is -0.196 e. The zero-order valence-electron chi connectivity index (χ0n) is 10.1. The minimum absolute atomic E-state index is 0.0456. The molecular formula is C15H16F2. The van der Waals surface area contributed by atoms with Crippen LogP contribution >= 0.6 is 0 Å². The fourth-order valence-corrected chi connectivity index (χ4v) is 1.31. The standard InChI is InChI=1S/C15H16F2/c1-11(2)12(3)10-13(4)15(16,17)14-8-6-5-7-9-14/h5-10H,1,4H2,2-3H3/b12-10-. The summed E-state index contributed by atoms with van der Waals surface area (Å²) < 4.78 is 28.0.